The van der Waals surface area contributed by atoms with Gasteiger partial charge in [-0.2, -0.15) is 4.31 Å². The van der Waals surface area contributed by atoms with Crippen molar-refractivity contribution in [1.29, 1.82) is 0 Å². The number of urea groups is 1. The standard InChI is InChI=1S/C33H36ClN5O7S/c1-21-4-3-5-26(16-21)47(44,45)38(2)13-15-46-14-12-23-7-8-25(18-28(23)34)36-33(43)35-19-22-6-9-27-24(17-22)20-39(32(27)42)29-10-11-30(40)37-31(29)41/h3-9,16-18,29H,10-15,19-20H2,1-2H3,(H2,35,36,43)(H,37,40,41). The van der Waals surface area contributed by atoms with E-state index in [1.807, 2.05) is 19.1 Å². The number of rotatable bonds is 12. The number of carbonyl (C=O) groups is 4. The molecule has 0 aromatic heterocycles. The second-order valence-corrected chi connectivity index (χ2v) is 14.0. The summed E-state index contributed by atoms with van der Waals surface area (Å²) in [4.78, 5) is 51.0. The lowest BCUT2D eigenvalue weighted by atomic mass is 10.0. The molecule has 2 aliphatic rings. The molecular formula is C33H36ClN5O7S. The highest BCUT2D eigenvalue weighted by molar-refractivity contribution is 7.89. The van der Waals surface area contributed by atoms with Crippen molar-refractivity contribution < 1.29 is 32.3 Å². The number of fused-ring (bicyclic) bond motifs is 1. The Kier molecular flexibility index (Phi) is 10.6. The molecule has 3 aromatic rings. The van der Waals surface area contributed by atoms with Crippen LogP contribution in [0.25, 0.3) is 0 Å². The molecule has 1 fully saturated rings. The van der Waals surface area contributed by atoms with Gasteiger partial charge >= 0.3 is 6.03 Å². The number of imide groups is 1. The van der Waals surface area contributed by atoms with Crippen LogP contribution in [0.2, 0.25) is 5.02 Å². The molecule has 248 valence electrons. The third kappa shape index (κ3) is 8.17. The highest BCUT2D eigenvalue weighted by Gasteiger charge is 2.39. The molecule has 3 N–H and O–H groups in total. The smallest absolute Gasteiger partial charge is 0.319 e. The van der Waals surface area contributed by atoms with Crippen LogP contribution in [0, 0.1) is 6.92 Å². The summed E-state index contributed by atoms with van der Waals surface area (Å²) in [6.45, 7) is 3.06. The van der Waals surface area contributed by atoms with Crippen molar-refractivity contribution in [2.75, 3.05) is 32.1 Å². The van der Waals surface area contributed by atoms with Crippen LogP contribution >= 0.6 is 11.6 Å². The molecule has 14 heteroatoms. The molecule has 12 nitrogen and oxygen atoms in total. The van der Waals surface area contributed by atoms with Crippen LogP contribution in [-0.2, 0) is 43.9 Å². The fourth-order valence-electron chi connectivity index (χ4n) is 5.48. The number of carbonyl (C=O) groups excluding carboxylic acids is 4. The van der Waals surface area contributed by atoms with Gasteiger partial charge in [-0.05, 0) is 72.4 Å². The maximum absolute atomic E-state index is 12.9. The Balaban J connectivity index is 1.05. The highest BCUT2D eigenvalue weighted by atomic mass is 35.5. The van der Waals surface area contributed by atoms with E-state index in [9.17, 15) is 27.6 Å². The van der Waals surface area contributed by atoms with Crippen molar-refractivity contribution in [1.82, 2.24) is 19.8 Å². The fourth-order valence-corrected chi connectivity index (χ4v) is 7.01. The molecule has 2 aliphatic heterocycles. The topological polar surface area (TPSA) is 154 Å². The molecular weight excluding hydrogens is 646 g/mol. The summed E-state index contributed by atoms with van der Waals surface area (Å²) in [6, 6.07) is 16.1. The Hall–Kier alpha value is -4.30. The van der Waals surface area contributed by atoms with Gasteiger partial charge in [0.15, 0.2) is 0 Å². The summed E-state index contributed by atoms with van der Waals surface area (Å²) in [5.41, 5.74) is 4.22. The molecule has 5 amide bonds. The molecule has 0 saturated carbocycles. The number of nitrogens with one attached hydrogen (secondary N) is 3. The van der Waals surface area contributed by atoms with Gasteiger partial charge in [-0.1, -0.05) is 41.9 Å². The van der Waals surface area contributed by atoms with Crippen molar-refractivity contribution in [3.8, 4) is 0 Å². The van der Waals surface area contributed by atoms with Crippen molar-refractivity contribution in [3.63, 3.8) is 0 Å². The first-order valence-corrected chi connectivity index (χ1v) is 16.9. The highest BCUT2D eigenvalue weighted by Crippen LogP contribution is 2.28. The molecule has 0 bridgehead atoms. The Morgan fingerprint density at radius 2 is 1.89 bits per heavy atom. The first-order chi connectivity index (χ1) is 22.4. The largest absolute Gasteiger partial charge is 0.380 e. The number of halogens is 1. The van der Waals surface area contributed by atoms with Gasteiger partial charge in [0.2, 0.25) is 21.8 Å². The van der Waals surface area contributed by atoms with E-state index >= 15 is 0 Å². The summed E-state index contributed by atoms with van der Waals surface area (Å²) in [6.07, 6.45) is 0.980. The van der Waals surface area contributed by atoms with E-state index in [0.29, 0.717) is 35.7 Å². The lowest BCUT2D eigenvalue weighted by Crippen LogP contribution is -2.52. The van der Waals surface area contributed by atoms with Gasteiger partial charge in [-0.25, -0.2) is 13.2 Å². The molecule has 2 heterocycles. The predicted octanol–water partition coefficient (Wildman–Crippen LogP) is 3.61. The predicted molar refractivity (Wildman–Crippen MR) is 175 cm³/mol. The van der Waals surface area contributed by atoms with E-state index in [-0.39, 0.29) is 49.4 Å². The van der Waals surface area contributed by atoms with Crippen LogP contribution in [0.1, 0.15) is 45.5 Å². The van der Waals surface area contributed by atoms with Crippen LogP contribution in [-0.4, -0.2) is 74.2 Å². The lowest BCUT2D eigenvalue weighted by Gasteiger charge is -2.29. The Morgan fingerprint density at radius 1 is 1.09 bits per heavy atom. The number of hydrogen-bond donors (Lipinski definition) is 3. The van der Waals surface area contributed by atoms with E-state index in [0.717, 1.165) is 22.3 Å². The van der Waals surface area contributed by atoms with Crippen LogP contribution in [0.4, 0.5) is 10.5 Å². The van der Waals surface area contributed by atoms with Crippen LogP contribution in [0.5, 0.6) is 0 Å². The SMILES string of the molecule is Cc1cccc(S(=O)(=O)N(C)CCOCCc2ccc(NC(=O)NCc3ccc4c(c3)CN(C3CCC(=O)NC3=O)C4=O)cc2Cl)c1. The molecule has 1 unspecified atom stereocenters. The van der Waals surface area contributed by atoms with E-state index in [1.54, 1.807) is 48.5 Å². The number of anilines is 1. The molecule has 0 radical (unpaired) electrons. The molecule has 0 aliphatic carbocycles. The molecule has 47 heavy (non-hydrogen) atoms. The first-order valence-electron chi connectivity index (χ1n) is 15.1. The Labute approximate surface area is 278 Å². The second kappa shape index (κ2) is 14.6. The summed E-state index contributed by atoms with van der Waals surface area (Å²) in [5, 5.41) is 8.29. The van der Waals surface area contributed by atoms with Crippen LogP contribution < -0.4 is 16.0 Å². The van der Waals surface area contributed by atoms with Gasteiger partial charge in [0.25, 0.3) is 5.91 Å². The number of piperidine rings is 1. The average molecular weight is 682 g/mol. The molecule has 1 saturated heterocycles. The fraction of sp³-hybridized carbons (Fsp3) is 0.333. The Morgan fingerprint density at radius 3 is 2.64 bits per heavy atom. The monoisotopic (exact) mass is 681 g/mol. The van der Waals surface area contributed by atoms with E-state index < -0.39 is 28.0 Å². The van der Waals surface area contributed by atoms with Gasteiger partial charge in [0, 0.05) is 49.4 Å². The summed E-state index contributed by atoms with van der Waals surface area (Å²) in [5.74, 6) is -1.05. The van der Waals surface area contributed by atoms with Crippen LogP contribution in [0.3, 0.4) is 0 Å². The number of hydrogen-bond acceptors (Lipinski definition) is 7. The third-order valence-corrected chi connectivity index (χ3v) is 10.3. The van der Waals surface area contributed by atoms with Gasteiger partial charge < -0.3 is 20.3 Å². The number of amides is 5. The normalized spacial score (nSPS) is 16.3. The number of ether oxygens (including phenoxy) is 1. The maximum atomic E-state index is 12.9. The van der Waals surface area contributed by atoms with Gasteiger partial charge in [0.05, 0.1) is 18.1 Å². The minimum absolute atomic E-state index is 0.187. The van der Waals surface area contributed by atoms with Crippen molar-refractivity contribution >= 4 is 51.1 Å². The number of sulfonamides is 1. The zero-order valence-electron chi connectivity index (χ0n) is 26.0. The minimum atomic E-state index is -3.60. The van der Waals surface area contributed by atoms with E-state index in [1.165, 1.54) is 16.3 Å². The maximum Gasteiger partial charge on any atom is 0.319 e. The van der Waals surface area contributed by atoms with Crippen molar-refractivity contribution in [2.24, 2.45) is 0 Å². The average Bonchev–Trinajstić information content (AvgIpc) is 3.35. The lowest BCUT2D eigenvalue weighted by molar-refractivity contribution is -0.136. The molecule has 5 rings (SSSR count). The summed E-state index contributed by atoms with van der Waals surface area (Å²) in [7, 11) is -2.08. The number of benzene rings is 3. The van der Waals surface area contributed by atoms with Gasteiger partial charge in [-0.15, -0.1) is 0 Å². The zero-order valence-corrected chi connectivity index (χ0v) is 27.6. The molecule has 1 atom stereocenters. The Bertz CT molecular complexity index is 1820. The van der Waals surface area contributed by atoms with Gasteiger partial charge in [0.1, 0.15) is 6.04 Å². The molecule has 3 aromatic carbocycles. The second-order valence-electron chi connectivity index (χ2n) is 11.5. The van der Waals surface area contributed by atoms with E-state index in [4.69, 9.17) is 16.3 Å². The minimum Gasteiger partial charge on any atom is -0.380 e. The number of nitrogens with zero attached hydrogens (tertiary/aromatic N) is 2. The number of aryl methyl sites for hydroxylation is 1. The quantitative estimate of drug-likeness (QED) is 0.195. The van der Waals surface area contributed by atoms with E-state index in [2.05, 4.69) is 16.0 Å². The summed E-state index contributed by atoms with van der Waals surface area (Å²) >= 11 is 6.45. The number of likely N-dealkylation sites (N-methyl/N-ethyl adjacent to an activating group) is 1. The summed E-state index contributed by atoms with van der Waals surface area (Å²) < 4.78 is 32.4. The van der Waals surface area contributed by atoms with Crippen LogP contribution in [0.15, 0.2) is 65.6 Å². The van der Waals surface area contributed by atoms with Crippen molar-refractivity contribution in [2.45, 2.75) is 50.2 Å². The first kappa shape index (κ1) is 34.0. The molecule has 0 spiro atoms. The van der Waals surface area contributed by atoms with Gasteiger partial charge in [-0.3, -0.25) is 19.7 Å². The zero-order chi connectivity index (χ0) is 33.7. The van der Waals surface area contributed by atoms with Crippen molar-refractivity contribution in [3.05, 3.63) is 93.5 Å². The third-order valence-electron chi connectivity index (χ3n) is 8.12.